The largest absolute Gasteiger partial charge is 0.310 e. The molecule has 0 saturated heterocycles. The molecule has 0 aliphatic heterocycles. The molecule has 0 heterocycles. The van der Waals surface area contributed by atoms with Crippen LogP contribution in [0.1, 0.15) is 61.8 Å². The van der Waals surface area contributed by atoms with E-state index in [1.165, 1.54) is 12.0 Å². The molecule has 0 bridgehead atoms. The van der Waals surface area contributed by atoms with Crippen molar-refractivity contribution >= 4 is 0 Å². The molecule has 0 spiro atoms. The molecule has 1 N–H and O–H groups in total. The van der Waals surface area contributed by atoms with Crippen LogP contribution in [-0.2, 0) is 0 Å². The topological polar surface area (TPSA) is 12.0 Å². The Morgan fingerprint density at radius 1 is 1.11 bits per heavy atom. The third-order valence-corrected chi connectivity index (χ3v) is 3.09. The molecule has 0 amide bonds. The SMILES string of the molecule is C/C=C\C=C(/C)CNC(C)C(C)C.CCC(C)C. The fourth-order valence-electron chi connectivity index (χ4n) is 0.877. The maximum atomic E-state index is 3.49. The van der Waals surface area contributed by atoms with E-state index in [1.807, 2.05) is 6.92 Å². The second kappa shape index (κ2) is 12.9. The van der Waals surface area contributed by atoms with Crippen molar-refractivity contribution in [3.8, 4) is 0 Å². The van der Waals surface area contributed by atoms with Gasteiger partial charge in [-0.25, -0.2) is 0 Å². The van der Waals surface area contributed by atoms with Gasteiger partial charge in [0.05, 0.1) is 0 Å². The van der Waals surface area contributed by atoms with E-state index in [0.717, 1.165) is 12.5 Å². The fraction of sp³-hybridized carbons (Fsp3) is 0.765. The number of hydrogen-bond donors (Lipinski definition) is 1. The third kappa shape index (κ3) is 15.4. The highest BCUT2D eigenvalue weighted by molar-refractivity contribution is 5.11. The van der Waals surface area contributed by atoms with Gasteiger partial charge in [0.2, 0.25) is 0 Å². The van der Waals surface area contributed by atoms with Crippen molar-refractivity contribution in [2.45, 2.75) is 67.9 Å². The number of hydrogen-bond acceptors (Lipinski definition) is 1. The predicted molar refractivity (Wildman–Crippen MR) is 86.0 cm³/mol. The van der Waals surface area contributed by atoms with E-state index in [2.05, 4.69) is 72.0 Å². The minimum Gasteiger partial charge on any atom is -0.310 e. The molecule has 0 aromatic heterocycles. The van der Waals surface area contributed by atoms with E-state index < -0.39 is 0 Å². The van der Waals surface area contributed by atoms with Gasteiger partial charge in [-0.05, 0) is 32.6 Å². The zero-order valence-corrected chi connectivity index (χ0v) is 13.9. The molecule has 0 aromatic rings. The quantitative estimate of drug-likeness (QED) is 0.642. The normalized spacial score (nSPS) is 14.0. The molecule has 0 aliphatic rings. The van der Waals surface area contributed by atoms with Gasteiger partial charge in [-0.1, -0.05) is 64.8 Å². The van der Waals surface area contributed by atoms with Crippen LogP contribution in [-0.4, -0.2) is 12.6 Å². The Morgan fingerprint density at radius 2 is 1.61 bits per heavy atom. The van der Waals surface area contributed by atoms with E-state index in [1.54, 1.807) is 0 Å². The Kier molecular flexibility index (Phi) is 14.2. The molecule has 0 aromatic carbocycles. The summed E-state index contributed by atoms with van der Waals surface area (Å²) in [6, 6.07) is 0.592. The molecule has 1 atom stereocenters. The highest BCUT2D eigenvalue weighted by Crippen LogP contribution is 2.00. The van der Waals surface area contributed by atoms with Crippen LogP contribution in [0.2, 0.25) is 0 Å². The summed E-state index contributed by atoms with van der Waals surface area (Å²) in [7, 11) is 0. The smallest absolute Gasteiger partial charge is 0.0167 e. The first kappa shape index (κ1) is 19.8. The van der Waals surface area contributed by atoms with Gasteiger partial charge < -0.3 is 5.32 Å². The Hall–Kier alpha value is -0.560. The van der Waals surface area contributed by atoms with E-state index in [0.29, 0.717) is 12.0 Å². The Balaban J connectivity index is 0. The molecule has 0 radical (unpaired) electrons. The molecule has 0 rings (SSSR count). The third-order valence-electron chi connectivity index (χ3n) is 3.09. The number of allylic oxidation sites excluding steroid dienone is 3. The zero-order chi connectivity index (χ0) is 14.6. The Bertz CT molecular complexity index is 224. The molecule has 108 valence electrons. The average Bonchev–Trinajstić information content (AvgIpc) is 2.33. The summed E-state index contributed by atoms with van der Waals surface area (Å²) in [5.41, 5.74) is 1.38. The first-order valence-electron chi connectivity index (χ1n) is 7.36. The summed E-state index contributed by atoms with van der Waals surface area (Å²) < 4.78 is 0. The van der Waals surface area contributed by atoms with Crippen LogP contribution in [0.3, 0.4) is 0 Å². The molecular weight excluding hydrogens is 218 g/mol. The van der Waals surface area contributed by atoms with E-state index in [-0.39, 0.29) is 0 Å². The average molecular weight is 253 g/mol. The maximum Gasteiger partial charge on any atom is 0.0167 e. The van der Waals surface area contributed by atoms with E-state index >= 15 is 0 Å². The predicted octanol–water partition coefficient (Wildman–Crippen LogP) is 5.20. The molecule has 1 unspecified atom stereocenters. The van der Waals surface area contributed by atoms with E-state index in [4.69, 9.17) is 0 Å². The monoisotopic (exact) mass is 253 g/mol. The van der Waals surface area contributed by atoms with Gasteiger partial charge in [0, 0.05) is 12.6 Å². The zero-order valence-electron chi connectivity index (χ0n) is 13.9. The van der Waals surface area contributed by atoms with Crippen LogP contribution in [0.25, 0.3) is 0 Å². The number of nitrogens with one attached hydrogen (secondary N) is 1. The van der Waals surface area contributed by atoms with Gasteiger partial charge in [0.15, 0.2) is 0 Å². The standard InChI is InChI=1S/C12H23N.C5H12/c1-6-7-8-11(4)9-13-12(5)10(2)3;1-4-5(2)3/h6-8,10,12-13H,9H2,1-5H3;5H,4H2,1-3H3/b7-6-,11-8+;. The molecule has 1 heteroatoms. The summed E-state index contributed by atoms with van der Waals surface area (Å²) >= 11 is 0. The van der Waals surface area contributed by atoms with Crippen LogP contribution in [0.5, 0.6) is 0 Å². The lowest BCUT2D eigenvalue weighted by atomic mass is 10.1. The molecule has 0 saturated carbocycles. The summed E-state index contributed by atoms with van der Waals surface area (Å²) in [6.07, 6.45) is 7.59. The van der Waals surface area contributed by atoms with Crippen molar-refractivity contribution in [1.29, 1.82) is 0 Å². The number of rotatable bonds is 6. The van der Waals surface area contributed by atoms with Crippen molar-refractivity contribution in [2.75, 3.05) is 6.54 Å². The summed E-state index contributed by atoms with van der Waals surface area (Å²) in [4.78, 5) is 0. The minimum atomic E-state index is 0.592. The maximum absolute atomic E-state index is 3.49. The van der Waals surface area contributed by atoms with Crippen molar-refractivity contribution in [3.63, 3.8) is 0 Å². The van der Waals surface area contributed by atoms with Gasteiger partial charge in [0.1, 0.15) is 0 Å². The van der Waals surface area contributed by atoms with Crippen LogP contribution in [0, 0.1) is 11.8 Å². The lowest BCUT2D eigenvalue weighted by Gasteiger charge is -2.17. The molecule has 18 heavy (non-hydrogen) atoms. The highest BCUT2D eigenvalue weighted by Gasteiger charge is 2.04. The van der Waals surface area contributed by atoms with Gasteiger partial charge in [-0.15, -0.1) is 0 Å². The molecule has 1 nitrogen and oxygen atoms in total. The minimum absolute atomic E-state index is 0.592. The van der Waals surface area contributed by atoms with Crippen molar-refractivity contribution in [1.82, 2.24) is 5.32 Å². The highest BCUT2D eigenvalue weighted by atomic mass is 14.9. The van der Waals surface area contributed by atoms with Gasteiger partial charge in [-0.2, -0.15) is 0 Å². The summed E-state index contributed by atoms with van der Waals surface area (Å²) in [5.74, 6) is 1.59. The lowest BCUT2D eigenvalue weighted by molar-refractivity contribution is 0.441. The second-order valence-electron chi connectivity index (χ2n) is 5.75. The molecule has 0 aliphatic carbocycles. The summed E-state index contributed by atoms with van der Waals surface area (Å²) in [5, 5.41) is 3.49. The lowest BCUT2D eigenvalue weighted by Crippen LogP contribution is -2.31. The van der Waals surface area contributed by atoms with Crippen molar-refractivity contribution < 1.29 is 0 Å². The van der Waals surface area contributed by atoms with Crippen LogP contribution in [0.4, 0.5) is 0 Å². The van der Waals surface area contributed by atoms with E-state index in [9.17, 15) is 0 Å². The molecule has 0 fully saturated rings. The first-order valence-corrected chi connectivity index (χ1v) is 7.36. The molecular formula is C17H35N. The first-order chi connectivity index (χ1) is 8.34. The Morgan fingerprint density at radius 3 is 1.94 bits per heavy atom. The van der Waals surface area contributed by atoms with Crippen LogP contribution < -0.4 is 5.32 Å². The summed E-state index contributed by atoms with van der Waals surface area (Å²) in [6.45, 7) is 18.5. The van der Waals surface area contributed by atoms with Gasteiger partial charge in [0.25, 0.3) is 0 Å². The van der Waals surface area contributed by atoms with Crippen LogP contribution >= 0.6 is 0 Å². The Labute approximate surface area is 116 Å². The fourth-order valence-corrected chi connectivity index (χ4v) is 0.877. The van der Waals surface area contributed by atoms with Crippen molar-refractivity contribution in [2.24, 2.45) is 11.8 Å². The van der Waals surface area contributed by atoms with Gasteiger partial charge >= 0.3 is 0 Å². The van der Waals surface area contributed by atoms with Crippen LogP contribution in [0.15, 0.2) is 23.8 Å². The van der Waals surface area contributed by atoms with Gasteiger partial charge in [-0.3, -0.25) is 0 Å². The van der Waals surface area contributed by atoms with Crippen molar-refractivity contribution in [3.05, 3.63) is 23.8 Å². The second-order valence-corrected chi connectivity index (χ2v) is 5.75.